The maximum atomic E-state index is 12.6. The Morgan fingerprint density at radius 2 is 1.65 bits per heavy atom. The summed E-state index contributed by atoms with van der Waals surface area (Å²) in [6, 6.07) is 0. The van der Waals surface area contributed by atoms with Crippen molar-refractivity contribution in [1.82, 2.24) is 20.6 Å². The van der Waals surface area contributed by atoms with Gasteiger partial charge in [-0.2, -0.15) is 5.21 Å². The van der Waals surface area contributed by atoms with E-state index in [1.54, 1.807) is 0 Å². The summed E-state index contributed by atoms with van der Waals surface area (Å²) in [5, 5.41) is 24.8. The summed E-state index contributed by atoms with van der Waals surface area (Å²) in [6.07, 6.45) is 1.69. The molecule has 1 aromatic rings. The third-order valence-electron chi connectivity index (χ3n) is 7.66. The van der Waals surface area contributed by atoms with E-state index in [0.29, 0.717) is 12.8 Å². The van der Waals surface area contributed by atoms with Crippen LogP contribution < -0.4 is 5.32 Å². The van der Waals surface area contributed by atoms with Gasteiger partial charge >= 0.3 is 5.97 Å². The molecule has 0 aliphatic carbocycles. The number of allylic oxidation sites excluding steroid dienone is 1. The van der Waals surface area contributed by atoms with Crippen molar-refractivity contribution in [3.05, 3.63) is 12.2 Å². The quantitative estimate of drug-likeness (QED) is 0.417. The fourth-order valence-corrected chi connectivity index (χ4v) is 3.69. The van der Waals surface area contributed by atoms with Crippen molar-refractivity contribution in [3.63, 3.8) is 0 Å². The Kier molecular flexibility index (Phi) is 8.20. The van der Waals surface area contributed by atoms with Crippen LogP contribution in [0.5, 0.6) is 0 Å². The normalized spacial score (nSPS) is 14.2. The van der Waals surface area contributed by atoms with Crippen LogP contribution in [-0.4, -0.2) is 37.6 Å². The fourth-order valence-electron chi connectivity index (χ4n) is 3.69. The molecule has 0 fully saturated rings. The Balaban J connectivity index is 2.91. The highest BCUT2D eigenvalue weighted by Gasteiger charge is 2.45. The minimum absolute atomic E-state index is 0.0325. The number of rotatable bonds is 11. The SMILES string of the molecule is C=C(CCC(CC(=O)O)C(=O)Nc1nn[nH]n1)C(C)(C)C(C)(C)CC(C)(C)C(C)(C)C. The highest BCUT2D eigenvalue weighted by Crippen LogP contribution is 2.55. The molecule has 8 heteroatoms. The maximum Gasteiger partial charge on any atom is 0.304 e. The van der Waals surface area contributed by atoms with Gasteiger partial charge < -0.3 is 5.11 Å². The lowest BCUT2D eigenvalue weighted by molar-refractivity contribution is -0.140. The zero-order chi connectivity index (χ0) is 24.3. The molecule has 0 saturated heterocycles. The smallest absolute Gasteiger partial charge is 0.304 e. The van der Waals surface area contributed by atoms with E-state index >= 15 is 0 Å². The number of hydrogen-bond donors (Lipinski definition) is 3. The molecular weight excluding hydrogens is 394 g/mol. The van der Waals surface area contributed by atoms with Gasteiger partial charge in [-0.1, -0.05) is 79.6 Å². The second kappa shape index (κ2) is 9.49. The van der Waals surface area contributed by atoms with Crippen molar-refractivity contribution in [2.75, 3.05) is 5.32 Å². The van der Waals surface area contributed by atoms with Crippen molar-refractivity contribution in [1.29, 1.82) is 0 Å². The van der Waals surface area contributed by atoms with Crippen molar-refractivity contribution in [2.24, 2.45) is 27.6 Å². The monoisotopic (exact) mass is 435 g/mol. The Morgan fingerprint density at radius 1 is 1.06 bits per heavy atom. The van der Waals surface area contributed by atoms with Crippen LogP contribution in [0.25, 0.3) is 0 Å². The number of aromatic amines is 1. The number of carboxylic acids is 1. The summed E-state index contributed by atoms with van der Waals surface area (Å²) in [7, 11) is 0. The van der Waals surface area contributed by atoms with Crippen LogP contribution in [0, 0.1) is 27.6 Å². The first-order chi connectivity index (χ1) is 13.9. The first kappa shape index (κ1) is 26.8. The number of nitrogens with zero attached hydrogens (tertiary/aromatic N) is 3. The van der Waals surface area contributed by atoms with E-state index in [4.69, 9.17) is 0 Å². The number of carbonyl (C=O) groups excluding carboxylic acids is 1. The highest BCUT2D eigenvalue weighted by molar-refractivity contribution is 5.92. The van der Waals surface area contributed by atoms with Gasteiger partial charge in [-0.05, 0) is 46.1 Å². The molecular formula is C23H41N5O3. The second-order valence-corrected chi connectivity index (χ2v) is 11.5. The van der Waals surface area contributed by atoms with E-state index in [-0.39, 0.29) is 34.0 Å². The molecule has 3 N–H and O–H groups in total. The molecule has 0 aromatic carbocycles. The van der Waals surface area contributed by atoms with E-state index in [9.17, 15) is 14.7 Å². The molecule has 1 aromatic heterocycles. The van der Waals surface area contributed by atoms with Gasteiger partial charge in [-0.25, -0.2) is 0 Å². The number of carboxylic acid groups (broad SMARTS) is 1. The molecule has 0 saturated carbocycles. The topological polar surface area (TPSA) is 121 Å². The van der Waals surface area contributed by atoms with E-state index in [1.165, 1.54) is 0 Å². The average Bonchev–Trinajstić information content (AvgIpc) is 3.08. The van der Waals surface area contributed by atoms with E-state index in [0.717, 1.165) is 12.0 Å². The molecule has 0 aliphatic rings. The van der Waals surface area contributed by atoms with Gasteiger partial charge in [0, 0.05) is 5.92 Å². The standard InChI is InChI=1S/C23H41N5O3/c1-15(23(9,10)22(7,8)14-21(5,6)20(2,3)4)11-12-16(13-17(29)30)18(31)24-19-25-27-28-26-19/h16H,1,11-14H2,2-10H3,(H,29,30)(H2,24,25,26,27,28,31). The lowest BCUT2D eigenvalue weighted by Gasteiger charge is -2.51. The number of aromatic nitrogens is 4. The number of aliphatic carboxylic acids is 1. The third kappa shape index (κ3) is 6.87. The molecule has 0 aliphatic heterocycles. The molecule has 1 heterocycles. The van der Waals surface area contributed by atoms with Gasteiger partial charge in [0.1, 0.15) is 0 Å². The molecule has 1 amide bonds. The summed E-state index contributed by atoms with van der Waals surface area (Å²) in [6.45, 7) is 24.7. The van der Waals surface area contributed by atoms with Gasteiger partial charge in [0.05, 0.1) is 6.42 Å². The number of hydrogen-bond acceptors (Lipinski definition) is 5. The lowest BCUT2D eigenvalue weighted by atomic mass is 9.54. The zero-order valence-corrected chi connectivity index (χ0v) is 20.7. The molecule has 8 nitrogen and oxygen atoms in total. The molecule has 176 valence electrons. The van der Waals surface area contributed by atoms with Gasteiger partial charge in [0.2, 0.25) is 5.91 Å². The molecule has 1 unspecified atom stereocenters. The number of H-pyrrole nitrogens is 1. The third-order valence-corrected chi connectivity index (χ3v) is 7.66. The molecule has 1 rings (SSSR count). The Bertz CT molecular complexity index is 774. The maximum absolute atomic E-state index is 12.6. The first-order valence-electron chi connectivity index (χ1n) is 10.8. The van der Waals surface area contributed by atoms with Crippen molar-refractivity contribution in [3.8, 4) is 0 Å². The first-order valence-corrected chi connectivity index (χ1v) is 10.8. The largest absolute Gasteiger partial charge is 0.481 e. The van der Waals surface area contributed by atoms with Gasteiger partial charge in [-0.15, -0.1) is 5.10 Å². The summed E-state index contributed by atoms with van der Waals surface area (Å²) in [4.78, 5) is 23.9. The predicted molar refractivity (Wildman–Crippen MR) is 122 cm³/mol. The number of nitrogens with one attached hydrogen (secondary N) is 2. The Labute approximate surface area is 186 Å². The van der Waals surface area contributed by atoms with Crippen LogP contribution in [0.4, 0.5) is 5.95 Å². The van der Waals surface area contributed by atoms with E-state index < -0.39 is 17.8 Å². The van der Waals surface area contributed by atoms with Crippen LogP contribution in [-0.2, 0) is 9.59 Å². The minimum atomic E-state index is -1.02. The fraction of sp³-hybridized carbons (Fsp3) is 0.783. The van der Waals surface area contributed by atoms with Crippen LogP contribution in [0.1, 0.15) is 88.0 Å². The lowest BCUT2D eigenvalue weighted by Crippen LogP contribution is -2.42. The summed E-state index contributed by atoms with van der Waals surface area (Å²) < 4.78 is 0. The highest BCUT2D eigenvalue weighted by atomic mass is 16.4. The van der Waals surface area contributed by atoms with Crippen LogP contribution >= 0.6 is 0 Å². The average molecular weight is 436 g/mol. The Morgan fingerprint density at radius 3 is 2.10 bits per heavy atom. The molecule has 1 atom stereocenters. The number of carbonyl (C=O) groups is 2. The zero-order valence-electron chi connectivity index (χ0n) is 20.7. The number of amides is 1. The summed E-state index contributed by atoms with van der Waals surface area (Å²) in [5.41, 5.74) is 1.04. The van der Waals surface area contributed by atoms with Crippen LogP contribution in [0.3, 0.4) is 0 Å². The van der Waals surface area contributed by atoms with Crippen molar-refractivity contribution < 1.29 is 14.7 Å². The molecule has 0 spiro atoms. The van der Waals surface area contributed by atoms with Gasteiger partial charge in [0.15, 0.2) is 0 Å². The minimum Gasteiger partial charge on any atom is -0.481 e. The predicted octanol–water partition coefficient (Wildman–Crippen LogP) is 5.08. The van der Waals surface area contributed by atoms with Crippen LogP contribution in [0.2, 0.25) is 0 Å². The second-order valence-electron chi connectivity index (χ2n) is 11.5. The van der Waals surface area contributed by atoms with Gasteiger partial charge in [-0.3, -0.25) is 14.9 Å². The Hall–Kier alpha value is -2.25. The molecule has 31 heavy (non-hydrogen) atoms. The summed E-state index contributed by atoms with van der Waals surface area (Å²) >= 11 is 0. The van der Waals surface area contributed by atoms with Gasteiger partial charge in [0.25, 0.3) is 5.95 Å². The molecule has 0 bridgehead atoms. The van der Waals surface area contributed by atoms with E-state index in [1.807, 2.05) is 0 Å². The van der Waals surface area contributed by atoms with Crippen LogP contribution in [0.15, 0.2) is 12.2 Å². The van der Waals surface area contributed by atoms with Crippen molar-refractivity contribution in [2.45, 2.75) is 88.0 Å². The number of anilines is 1. The van der Waals surface area contributed by atoms with Crippen molar-refractivity contribution >= 4 is 17.8 Å². The van der Waals surface area contributed by atoms with E-state index in [2.05, 4.69) is 94.8 Å². The summed E-state index contributed by atoms with van der Waals surface area (Å²) in [5.74, 6) is -2.13. The molecule has 0 radical (unpaired) electrons. The number of tetrazole rings is 1.